The number of piperazine rings is 1. The van der Waals surface area contributed by atoms with E-state index in [2.05, 4.69) is 34.1 Å². The number of carbonyl (C=O) groups is 1. The number of nitrogens with zero attached hydrogens (tertiary/aromatic N) is 3. The molecule has 4 aromatic carbocycles. The third-order valence-electron chi connectivity index (χ3n) is 9.12. The second-order valence-electron chi connectivity index (χ2n) is 12.9. The molecule has 1 aliphatic heterocycles. The van der Waals surface area contributed by atoms with Gasteiger partial charge in [-0.2, -0.15) is 0 Å². The van der Waals surface area contributed by atoms with Crippen LogP contribution in [0.3, 0.4) is 0 Å². The van der Waals surface area contributed by atoms with Gasteiger partial charge in [-0.25, -0.2) is 4.98 Å². The van der Waals surface area contributed by atoms with Crippen molar-refractivity contribution in [3.8, 4) is 28.9 Å². The summed E-state index contributed by atoms with van der Waals surface area (Å²) >= 11 is 12.9. The zero-order chi connectivity index (χ0) is 37.2. The van der Waals surface area contributed by atoms with Gasteiger partial charge in [-0.1, -0.05) is 65.7 Å². The highest BCUT2D eigenvalue weighted by atomic mass is 35.5. The number of aryl methyl sites for hydroxylation is 1. The van der Waals surface area contributed by atoms with Gasteiger partial charge in [0.05, 0.1) is 24.9 Å². The molecule has 53 heavy (non-hydrogen) atoms. The Morgan fingerprint density at radius 2 is 1.51 bits per heavy atom. The summed E-state index contributed by atoms with van der Waals surface area (Å²) in [5.74, 6) is 3.14. The molecular formula is C43H43Cl2N3O5. The molecule has 274 valence electrons. The van der Waals surface area contributed by atoms with Crippen LogP contribution in [-0.2, 0) is 24.4 Å². The molecule has 1 saturated heterocycles. The van der Waals surface area contributed by atoms with Gasteiger partial charge in [-0.05, 0) is 90.2 Å². The van der Waals surface area contributed by atoms with Crippen LogP contribution >= 0.6 is 23.2 Å². The largest absolute Gasteiger partial charge is 0.497 e. The predicted molar refractivity (Wildman–Crippen MR) is 210 cm³/mol. The Morgan fingerprint density at radius 3 is 2.19 bits per heavy atom. The molecule has 0 aliphatic carbocycles. The maximum atomic E-state index is 13.3. The van der Waals surface area contributed by atoms with Gasteiger partial charge < -0.3 is 23.8 Å². The van der Waals surface area contributed by atoms with Gasteiger partial charge in [0.2, 0.25) is 11.8 Å². The Hall–Kier alpha value is -5.02. The minimum atomic E-state index is -0.00138. The molecule has 1 aliphatic rings. The van der Waals surface area contributed by atoms with E-state index in [-0.39, 0.29) is 5.91 Å². The highest BCUT2D eigenvalue weighted by molar-refractivity contribution is 6.32. The van der Waals surface area contributed by atoms with Gasteiger partial charge in [0, 0.05) is 61.9 Å². The van der Waals surface area contributed by atoms with Crippen molar-refractivity contribution in [1.82, 2.24) is 14.8 Å². The highest BCUT2D eigenvalue weighted by Crippen LogP contribution is 2.35. The number of halogens is 2. The van der Waals surface area contributed by atoms with E-state index in [1.807, 2.05) is 79.4 Å². The minimum absolute atomic E-state index is 0.00138. The zero-order valence-electron chi connectivity index (χ0n) is 30.2. The van der Waals surface area contributed by atoms with Gasteiger partial charge in [-0.3, -0.25) is 9.69 Å². The van der Waals surface area contributed by atoms with Gasteiger partial charge in [0.15, 0.2) is 5.75 Å². The SMILES string of the molecule is COc1ccc(OCCc2ccc(CN3CCN(C(=O)C=C(C)c4cc(C)c(Oc5ccc(OCc6ccccc6Cl)cn5)c(Cl)c4)CC3)cc2)cc1. The third kappa shape index (κ3) is 10.5. The summed E-state index contributed by atoms with van der Waals surface area (Å²) in [5.41, 5.74) is 5.91. The van der Waals surface area contributed by atoms with E-state index in [1.165, 1.54) is 11.1 Å². The van der Waals surface area contributed by atoms with E-state index in [0.717, 1.165) is 59.8 Å². The highest BCUT2D eigenvalue weighted by Gasteiger charge is 2.21. The summed E-state index contributed by atoms with van der Waals surface area (Å²) in [4.78, 5) is 22.0. The first-order valence-electron chi connectivity index (χ1n) is 17.6. The molecule has 0 unspecified atom stereocenters. The van der Waals surface area contributed by atoms with Gasteiger partial charge >= 0.3 is 0 Å². The first-order valence-corrected chi connectivity index (χ1v) is 18.3. The number of aromatic nitrogens is 1. The number of benzene rings is 4. The number of rotatable bonds is 14. The molecule has 8 nitrogen and oxygen atoms in total. The number of hydrogen-bond donors (Lipinski definition) is 0. The van der Waals surface area contributed by atoms with E-state index < -0.39 is 0 Å². The maximum absolute atomic E-state index is 13.3. The van der Waals surface area contributed by atoms with Crippen LogP contribution in [0.1, 0.15) is 34.7 Å². The van der Waals surface area contributed by atoms with E-state index in [4.69, 9.17) is 42.1 Å². The van der Waals surface area contributed by atoms with E-state index in [0.29, 0.717) is 53.7 Å². The van der Waals surface area contributed by atoms with Gasteiger partial charge in [0.1, 0.15) is 23.9 Å². The Balaban J connectivity index is 0.952. The quantitative estimate of drug-likeness (QED) is 0.105. The first kappa shape index (κ1) is 37.7. The molecule has 0 radical (unpaired) electrons. The van der Waals surface area contributed by atoms with Crippen LogP contribution in [0, 0.1) is 6.92 Å². The Labute approximate surface area is 321 Å². The molecule has 1 amide bonds. The fraction of sp³-hybridized carbons (Fsp3) is 0.256. The zero-order valence-corrected chi connectivity index (χ0v) is 31.7. The fourth-order valence-corrected chi connectivity index (χ4v) is 6.49. The monoisotopic (exact) mass is 751 g/mol. The number of allylic oxidation sites excluding steroid dienone is 1. The predicted octanol–water partition coefficient (Wildman–Crippen LogP) is 9.45. The van der Waals surface area contributed by atoms with Crippen molar-refractivity contribution in [2.75, 3.05) is 39.9 Å². The average Bonchev–Trinajstić information content (AvgIpc) is 3.17. The molecule has 0 saturated carbocycles. The topological polar surface area (TPSA) is 73.4 Å². The second kappa shape index (κ2) is 18.1. The number of pyridine rings is 1. The lowest BCUT2D eigenvalue weighted by atomic mass is 10.0. The molecule has 0 bridgehead atoms. The van der Waals surface area contributed by atoms with Crippen LogP contribution < -0.4 is 18.9 Å². The lowest BCUT2D eigenvalue weighted by Crippen LogP contribution is -2.47. The van der Waals surface area contributed by atoms with Crippen molar-refractivity contribution in [1.29, 1.82) is 0 Å². The van der Waals surface area contributed by atoms with Crippen molar-refractivity contribution in [3.05, 3.63) is 147 Å². The summed E-state index contributed by atoms with van der Waals surface area (Å²) in [6.07, 6.45) is 4.13. The normalized spacial score (nSPS) is 13.5. The second-order valence-corrected chi connectivity index (χ2v) is 13.8. The molecule has 1 fully saturated rings. The standard InChI is InChI=1S/C43H43Cl2N3O5/c1-30(35-24-31(2)43(40(45)26-35)53-41-17-16-38(27-46-41)52-29-34-6-4-5-7-39(34)44)25-42(49)48-21-19-47(20-22-48)28-33-10-8-32(9-11-33)18-23-51-37-14-12-36(50-3)13-15-37/h4-17,24-27H,18-23,28-29H2,1-3H3. The smallest absolute Gasteiger partial charge is 0.246 e. The molecular weight excluding hydrogens is 709 g/mol. The third-order valence-corrected chi connectivity index (χ3v) is 9.77. The van der Waals surface area contributed by atoms with Crippen LogP contribution in [0.5, 0.6) is 28.9 Å². The van der Waals surface area contributed by atoms with Gasteiger partial charge in [0.25, 0.3) is 0 Å². The summed E-state index contributed by atoms with van der Waals surface area (Å²) < 4.78 is 23.0. The minimum Gasteiger partial charge on any atom is -0.497 e. The molecule has 0 atom stereocenters. The van der Waals surface area contributed by atoms with Crippen molar-refractivity contribution >= 4 is 34.7 Å². The van der Waals surface area contributed by atoms with Crippen molar-refractivity contribution in [3.63, 3.8) is 0 Å². The molecule has 0 N–H and O–H groups in total. The van der Waals surface area contributed by atoms with Crippen LogP contribution in [0.2, 0.25) is 10.0 Å². The number of ether oxygens (including phenoxy) is 4. The van der Waals surface area contributed by atoms with Gasteiger partial charge in [-0.15, -0.1) is 0 Å². The van der Waals surface area contributed by atoms with Crippen LogP contribution in [0.15, 0.2) is 109 Å². The number of carbonyl (C=O) groups excluding carboxylic acids is 1. The molecule has 1 aromatic heterocycles. The maximum Gasteiger partial charge on any atom is 0.246 e. The Morgan fingerprint density at radius 1 is 0.811 bits per heavy atom. The van der Waals surface area contributed by atoms with Crippen LogP contribution in [-0.4, -0.2) is 60.6 Å². The summed E-state index contributed by atoms with van der Waals surface area (Å²) in [6, 6.07) is 31.2. The fourth-order valence-electron chi connectivity index (χ4n) is 6.00. The lowest BCUT2D eigenvalue weighted by Gasteiger charge is -2.34. The average molecular weight is 753 g/mol. The molecule has 10 heteroatoms. The first-order chi connectivity index (χ1) is 25.7. The summed E-state index contributed by atoms with van der Waals surface area (Å²) in [6.45, 7) is 8.62. The summed E-state index contributed by atoms with van der Waals surface area (Å²) in [7, 11) is 1.65. The molecule has 2 heterocycles. The van der Waals surface area contributed by atoms with E-state index >= 15 is 0 Å². The van der Waals surface area contributed by atoms with E-state index in [1.54, 1.807) is 31.5 Å². The van der Waals surface area contributed by atoms with Crippen molar-refractivity contribution in [2.45, 2.75) is 33.4 Å². The Kier molecular flexibility index (Phi) is 12.9. The van der Waals surface area contributed by atoms with Crippen LogP contribution in [0.25, 0.3) is 5.57 Å². The molecule has 5 aromatic rings. The number of hydrogen-bond acceptors (Lipinski definition) is 7. The van der Waals surface area contributed by atoms with E-state index in [9.17, 15) is 4.79 Å². The number of amides is 1. The molecule has 6 rings (SSSR count). The lowest BCUT2D eigenvalue weighted by molar-refractivity contribution is -0.127. The number of methoxy groups -OCH3 is 1. The Bertz CT molecular complexity index is 1990. The summed E-state index contributed by atoms with van der Waals surface area (Å²) in [5, 5.41) is 1.09. The molecule has 0 spiro atoms. The van der Waals surface area contributed by atoms with Crippen LogP contribution in [0.4, 0.5) is 0 Å². The van der Waals surface area contributed by atoms with Crippen molar-refractivity contribution in [2.24, 2.45) is 0 Å². The van der Waals surface area contributed by atoms with Crippen molar-refractivity contribution < 1.29 is 23.7 Å².